The molecule has 0 spiro atoms. The molecular weight excluding hydrogens is 298 g/mol. The van der Waals surface area contributed by atoms with E-state index in [1.165, 1.54) is 12.1 Å². The lowest BCUT2D eigenvalue weighted by atomic mass is 10.3. The second kappa shape index (κ2) is 5.95. The molecule has 0 fully saturated rings. The van der Waals surface area contributed by atoms with Gasteiger partial charge < -0.3 is 0 Å². The van der Waals surface area contributed by atoms with Crippen molar-refractivity contribution in [3.05, 3.63) is 46.7 Å². The molecule has 1 aromatic heterocycles. The normalized spacial score (nSPS) is 11.8. The van der Waals surface area contributed by atoms with Crippen molar-refractivity contribution in [3.8, 4) is 0 Å². The van der Waals surface area contributed by atoms with Crippen molar-refractivity contribution in [2.75, 3.05) is 0 Å². The highest BCUT2D eigenvalue weighted by atomic mass is 35.5. The maximum absolute atomic E-state index is 12.1. The molecule has 0 aliphatic rings. The Labute approximate surface area is 123 Å². The summed E-state index contributed by atoms with van der Waals surface area (Å²) in [5, 5.41) is 4.78. The van der Waals surface area contributed by atoms with E-state index in [0.29, 0.717) is 5.02 Å². The first-order valence-corrected chi connectivity index (χ1v) is 8.06. The molecular formula is C13H16ClN3O2S. The summed E-state index contributed by atoms with van der Waals surface area (Å²) in [6.45, 7) is 4.81. The van der Waals surface area contributed by atoms with Crippen LogP contribution in [0.25, 0.3) is 0 Å². The molecule has 0 radical (unpaired) electrons. The van der Waals surface area contributed by atoms with Crippen molar-refractivity contribution in [3.63, 3.8) is 0 Å². The van der Waals surface area contributed by atoms with Gasteiger partial charge in [0, 0.05) is 29.9 Å². The molecule has 0 aliphatic carbocycles. The zero-order valence-corrected chi connectivity index (χ0v) is 12.9. The number of rotatable bonds is 5. The van der Waals surface area contributed by atoms with Crippen molar-refractivity contribution in [2.45, 2.75) is 31.8 Å². The number of aromatic nitrogens is 2. The van der Waals surface area contributed by atoms with Crippen molar-refractivity contribution in [1.82, 2.24) is 14.5 Å². The SMILES string of the molecule is CCn1cc(CNS(=O)(=O)c2ccc(Cl)cc2)c(C)n1. The summed E-state index contributed by atoms with van der Waals surface area (Å²) in [5.41, 5.74) is 1.69. The number of aryl methyl sites for hydroxylation is 2. The molecule has 1 heterocycles. The molecule has 7 heteroatoms. The summed E-state index contributed by atoms with van der Waals surface area (Å²) in [4.78, 5) is 0.197. The average molecular weight is 314 g/mol. The Balaban J connectivity index is 2.12. The smallest absolute Gasteiger partial charge is 0.240 e. The molecule has 0 amide bonds. The Kier molecular flexibility index (Phi) is 4.47. The topological polar surface area (TPSA) is 64.0 Å². The second-order valence-corrected chi connectivity index (χ2v) is 6.58. The molecule has 0 saturated heterocycles. The predicted molar refractivity (Wildman–Crippen MR) is 78.1 cm³/mol. The molecule has 20 heavy (non-hydrogen) atoms. The van der Waals surface area contributed by atoms with E-state index in [1.807, 2.05) is 20.0 Å². The second-order valence-electron chi connectivity index (χ2n) is 4.37. The van der Waals surface area contributed by atoms with Crippen LogP contribution in [0, 0.1) is 6.92 Å². The molecule has 0 aliphatic heterocycles. The van der Waals surface area contributed by atoms with Crippen LogP contribution in [0.4, 0.5) is 0 Å². The van der Waals surface area contributed by atoms with E-state index in [9.17, 15) is 8.42 Å². The summed E-state index contributed by atoms with van der Waals surface area (Å²) < 4.78 is 28.6. The fraction of sp³-hybridized carbons (Fsp3) is 0.308. The van der Waals surface area contributed by atoms with E-state index >= 15 is 0 Å². The Morgan fingerprint density at radius 1 is 1.30 bits per heavy atom. The molecule has 108 valence electrons. The molecule has 1 N–H and O–H groups in total. The van der Waals surface area contributed by atoms with Crippen molar-refractivity contribution >= 4 is 21.6 Å². The lowest BCUT2D eigenvalue weighted by Crippen LogP contribution is -2.23. The molecule has 0 unspecified atom stereocenters. The van der Waals surface area contributed by atoms with Gasteiger partial charge in [0.1, 0.15) is 0 Å². The lowest BCUT2D eigenvalue weighted by Gasteiger charge is -2.06. The van der Waals surface area contributed by atoms with Crippen LogP contribution < -0.4 is 4.72 Å². The van der Waals surface area contributed by atoms with Crippen LogP contribution in [0.2, 0.25) is 5.02 Å². The van der Waals surface area contributed by atoms with E-state index < -0.39 is 10.0 Å². The molecule has 2 rings (SSSR count). The highest BCUT2D eigenvalue weighted by Gasteiger charge is 2.14. The molecule has 0 atom stereocenters. The summed E-state index contributed by atoms with van der Waals surface area (Å²) in [7, 11) is -3.54. The number of hydrogen-bond donors (Lipinski definition) is 1. The van der Waals surface area contributed by atoms with E-state index in [0.717, 1.165) is 17.8 Å². The number of halogens is 1. The molecule has 0 bridgehead atoms. The van der Waals surface area contributed by atoms with Crippen LogP contribution in [0.3, 0.4) is 0 Å². The maximum atomic E-state index is 12.1. The van der Waals surface area contributed by atoms with Crippen LogP contribution in [-0.4, -0.2) is 18.2 Å². The van der Waals surface area contributed by atoms with E-state index in [4.69, 9.17) is 11.6 Å². The number of sulfonamides is 1. The largest absolute Gasteiger partial charge is 0.272 e. The zero-order chi connectivity index (χ0) is 14.8. The van der Waals surface area contributed by atoms with Gasteiger partial charge in [-0.3, -0.25) is 4.68 Å². The Hall–Kier alpha value is -1.37. The zero-order valence-electron chi connectivity index (χ0n) is 11.3. The molecule has 2 aromatic rings. The number of nitrogens with one attached hydrogen (secondary N) is 1. The van der Waals surface area contributed by atoms with E-state index in [2.05, 4.69) is 9.82 Å². The van der Waals surface area contributed by atoms with Gasteiger partial charge in [0.15, 0.2) is 0 Å². The van der Waals surface area contributed by atoms with Gasteiger partial charge in [0.25, 0.3) is 0 Å². The Morgan fingerprint density at radius 2 is 1.95 bits per heavy atom. The summed E-state index contributed by atoms with van der Waals surface area (Å²) in [6.07, 6.45) is 1.85. The third kappa shape index (κ3) is 3.39. The fourth-order valence-corrected chi connectivity index (χ4v) is 2.90. The van der Waals surface area contributed by atoms with Gasteiger partial charge in [0.05, 0.1) is 10.6 Å². The minimum atomic E-state index is -3.54. The first-order valence-electron chi connectivity index (χ1n) is 6.20. The van der Waals surface area contributed by atoms with Crippen molar-refractivity contribution in [1.29, 1.82) is 0 Å². The molecule has 1 aromatic carbocycles. The average Bonchev–Trinajstić information content (AvgIpc) is 2.78. The van der Waals surface area contributed by atoms with E-state index in [1.54, 1.807) is 16.8 Å². The Bertz CT molecular complexity index is 693. The number of benzene rings is 1. The molecule has 0 saturated carbocycles. The first kappa shape index (κ1) is 15.0. The van der Waals surface area contributed by atoms with Gasteiger partial charge in [-0.2, -0.15) is 5.10 Å². The standard InChI is InChI=1S/C13H16ClN3O2S/c1-3-17-9-11(10(2)16-17)8-15-20(18,19)13-6-4-12(14)5-7-13/h4-7,9,15H,3,8H2,1-2H3. The lowest BCUT2D eigenvalue weighted by molar-refractivity contribution is 0.581. The van der Waals surface area contributed by atoms with Crippen LogP contribution in [0.1, 0.15) is 18.2 Å². The van der Waals surface area contributed by atoms with Gasteiger partial charge in [-0.25, -0.2) is 13.1 Å². The third-order valence-electron chi connectivity index (χ3n) is 2.95. The quantitative estimate of drug-likeness (QED) is 0.921. The number of nitrogens with zero attached hydrogens (tertiary/aromatic N) is 2. The summed E-state index contributed by atoms with van der Waals surface area (Å²) in [5.74, 6) is 0. The third-order valence-corrected chi connectivity index (χ3v) is 4.62. The highest BCUT2D eigenvalue weighted by molar-refractivity contribution is 7.89. The van der Waals surface area contributed by atoms with Gasteiger partial charge >= 0.3 is 0 Å². The van der Waals surface area contributed by atoms with Crippen LogP contribution >= 0.6 is 11.6 Å². The van der Waals surface area contributed by atoms with Crippen molar-refractivity contribution in [2.24, 2.45) is 0 Å². The monoisotopic (exact) mass is 313 g/mol. The van der Waals surface area contributed by atoms with Gasteiger partial charge in [0.2, 0.25) is 10.0 Å². The van der Waals surface area contributed by atoms with Crippen LogP contribution in [0.5, 0.6) is 0 Å². The van der Waals surface area contributed by atoms with Gasteiger partial charge in [-0.15, -0.1) is 0 Å². The van der Waals surface area contributed by atoms with Crippen LogP contribution in [-0.2, 0) is 23.1 Å². The highest BCUT2D eigenvalue weighted by Crippen LogP contribution is 2.14. The maximum Gasteiger partial charge on any atom is 0.240 e. The fourth-order valence-electron chi connectivity index (χ4n) is 1.76. The van der Waals surface area contributed by atoms with Crippen LogP contribution in [0.15, 0.2) is 35.4 Å². The molecule has 5 nitrogen and oxygen atoms in total. The summed E-state index contributed by atoms with van der Waals surface area (Å²) >= 11 is 5.75. The van der Waals surface area contributed by atoms with Crippen molar-refractivity contribution < 1.29 is 8.42 Å². The van der Waals surface area contributed by atoms with Gasteiger partial charge in [-0.1, -0.05) is 11.6 Å². The minimum absolute atomic E-state index is 0.197. The minimum Gasteiger partial charge on any atom is -0.272 e. The van der Waals surface area contributed by atoms with Gasteiger partial charge in [-0.05, 0) is 38.1 Å². The first-order chi connectivity index (χ1) is 9.42. The summed E-state index contributed by atoms with van der Waals surface area (Å²) in [6, 6.07) is 6.06. The predicted octanol–water partition coefficient (Wildman–Crippen LogP) is 2.34. The number of hydrogen-bond acceptors (Lipinski definition) is 3. The Morgan fingerprint density at radius 3 is 2.50 bits per heavy atom. The van der Waals surface area contributed by atoms with E-state index in [-0.39, 0.29) is 11.4 Å².